The quantitative estimate of drug-likeness (QED) is 0.172. The van der Waals surface area contributed by atoms with E-state index in [0.29, 0.717) is 29.2 Å². The Labute approximate surface area is 294 Å². The smallest absolute Gasteiger partial charge is 0.326 e. The van der Waals surface area contributed by atoms with Crippen molar-refractivity contribution in [3.05, 3.63) is 132 Å². The van der Waals surface area contributed by atoms with E-state index in [1.807, 2.05) is 72.8 Å². The Kier molecular flexibility index (Phi) is 8.33. The van der Waals surface area contributed by atoms with Crippen LogP contribution in [0.15, 0.2) is 121 Å². The summed E-state index contributed by atoms with van der Waals surface area (Å²) in [6, 6.07) is 43.1. The molecule has 0 atom stereocenters. The van der Waals surface area contributed by atoms with E-state index in [0.717, 1.165) is 16.8 Å². The number of fused-ring (bicyclic) bond motifs is 3. The standard InChI is InChI=1S/C45H42N4O/c1-5-15-31(16-6-1)35-25-27-39-37(29-35)38-30-36(32-17-7-2-8-18-32)26-28-40(38)49(39)41-23-13-14-24-42(41)50-45-47-43(33-19-9-3-10-20-33)46-44(48-45)34-21-11-4-12-22-34/h3-4,9-14,19-32H,1-2,5-8,15-18H2. The van der Waals surface area contributed by atoms with Crippen LogP contribution in [0, 0.1) is 0 Å². The average molecular weight is 655 g/mol. The average Bonchev–Trinajstić information content (AvgIpc) is 3.52. The van der Waals surface area contributed by atoms with Gasteiger partial charge >= 0.3 is 6.01 Å². The predicted molar refractivity (Wildman–Crippen MR) is 203 cm³/mol. The lowest BCUT2D eigenvalue weighted by Crippen LogP contribution is -2.04. The lowest BCUT2D eigenvalue weighted by molar-refractivity contribution is 0.439. The molecule has 5 nitrogen and oxygen atoms in total. The SMILES string of the molecule is c1ccc(-c2nc(Oc3ccccc3-n3c4ccc(C5CCCCC5)cc4c4cc(C5CCCCC5)ccc43)nc(-c3ccccc3)n2)cc1. The van der Waals surface area contributed by atoms with Gasteiger partial charge in [0.1, 0.15) is 0 Å². The fraction of sp³-hybridized carbons (Fsp3) is 0.267. The number of hydrogen-bond acceptors (Lipinski definition) is 4. The highest BCUT2D eigenvalue weighted by molar-refractivity contribution is 6.10. The van der Waals surface area contributed by atoms with Gasteiger partial charge in [-0.1, -0.05) is 123 Å². The normalized spacial score (nSPS) is 15.8. The van der Waals surface area contributed by atoms with Gasteiger partial charge in [-0.15, -0.1) is 0 Å². The zero-order valence-electron chi connectivity index (χ0n) is 28.5. The summed E-state index contributed by atoms with van der Waals surface area (Å²) in [7, 11) is 0. The first-order chi connectivity index (χ1) is 24.8. The number of benzene rings is 5. The molecular formula is C45H42N4O. The molecule has 5 aromatic carbocycles. The van der Waals surface area contributed by atoms with E-state index in [1.165, 1.54) is 97.1 Å². The Morgan fingerprint density at radius 3 is 1.48 bits per heavy atom. The molecule has 2 saturated carbocycles. The zero-order chi connectivity index (χ0) is 33.3. The summed E-state index contributed by atoms with van der Waals surface area (Å²) in [5, 5.41) is 2.65. The Hall–Kier alpha value is -5.29. The summed E-state index contributed by atoms with van der Waals surface area (Å²) in [6.07, 6.45) is 13.2. The zero-order valence-corrected chi connectivity index (χ0v) is 28.5. The summed E-state index contributed by atoms with van der Waals surface area (Å²) in [4.78, 5) is 14.5. The van der Waals surface area contributed by atoms with Gasteiger partial charge in [0.25, 0.3) is 0 Å². The van der Waals surface area contributed by atoms with Crippen LogP contribution < -0.4 is 4.74 Å². The van der Waals surface area contributed by atoms with E-state index in [2.05, 4.69) is 53.1 Å². The van der Waals surface area contributed by atoms with Crippen molar-refractivity contribution in [1.29, 1.82) is 0 Å². The van der Waals surface area contributed by atoms with Crippen molar-refractivity contribution in [2.24, 2.45) is 0 Å². The van der Waals surface area contributed by atoms with Gasteiger partial charge in [-0.3, -0.25) is 0 Å². The monoisotopic (exact) mass is 654 g/mol. The molecule has 0 spiro atoms. The van der Waals surface area contributed by atoms with Crippen LogP contribution in [0.2, 0.25) is 0 Å². The Morgan fingerprint density at radius 2 is 0.960 bits per heavy atom. The van der Waals surface area contributed by atoms with Gasteiger partial charge in [0, 0.05) is 21.9 Å². The van der Waals surface area contributed by atoms with Gasteiger partial charge in [-0.05, 0) is 85.0 Å². The minimum atomic E-state index is 0.269. The first-order valence-corrected chi connectivity index (χ1v) is 18.5. The van der Waals surface area contributed by atoms with E-state index < -0.39 is 0 Å². The number of aromatic nitrogens is 4. The maximum atomic E-state index is 6.71. The second-order valence-electron chi connectivity index (χ2n) is 14.1. The third kappa shape index (κ3) is 5.95. The second-order valence-corrected chi connectivity index (χ2v) is 14.1. The summed E-state index contributed by atoms with van der Waals surface area (Å²) in [5.41, 5.74) is 8.15. The molecule has 5 heteroatoms. The van der Waals surface area contributed by atoms with Crippen molar-refractivity contribution in [2.45, 2.75) is 76.0 Å². The lowest BCUT2D eigenvalue weighted by Gasteiger charge is -2.22. The van der Waals surface area contributed by atoms with Gasteiger partial charge in [0.2, 0.25) is 0 Å². The molecule has 7 aromatic rings. The molecule has 50 heavy (non-hydrogen) atoms. The van der Waals surface area contributed by atoms with E-state index >= 15 is 0 Å². The van der Waals surface area contributed by atoms with Crippen LogP contribution in [-0.2, 0) is 0 Å². The third-order valence-corrected chi connectivity index (χ3v) is 11.0. The highest BCUT2D eigenvalue weighted by atomic mass is 16.5. The topological polar surface area (TPSA) is 52.8 Å². The van der Waals surface area contributed by atoms with Crippen LogP contribution in [0.5, 0.6) is 11.8 Å². The largest absolute Gasteiger partial charge is 0.422 e. The van der Waals surface area contributed by atoms with Gasteiger partial charge in [-0.2, -0.15) is 9.97 Å². The van der Waals surface area contributed by atoms with Gasteiger partial charge in [0.05, 0.1) is 16.7 Å². The molecular weight excluding hydrogens is 613 g/mol. The first kappa shape index (κ1) is 30.7. The molecule has 2 heterocycles. The van der Waals surface area contributed by atoms with Gasteiger partial charge < -0.3 is 9.30 Å². The molecule has 0 bridgehead atoms. The summed E-state index contributed by atoms with van der Waals surface area (Å²) in [5.74, 6) is 3.14. The molecule has 0 aliphatic heterocycles. The van der Waals surface area contributed by atoms with E-state index in [1.54, 1.807) is 0 Å². The molecule has 0 amide bonds. The van der Waals surface area contributed by atoms with Crippen LogP contribution in [0.1, 0.15) is 87.2 Å². The third-order valence-electron chi connectivity index (χ3n) is 11.0. The van der Waals surface area contributed by atoms with E-state index in [4.69, 9.17) is 19.7 Å². The van der Waals surface area contributed by atoms with E-state index in [9.17, 15) is 0 Å². The van der Waals surface area contributed by atoms with Crippen molar-refractivity contribution in [3.63, 3.8) is 0 Å². The minimum absolute atomic E-state index is 0.269. The number of hydrogen-bond donors (Lipinski definition) is 0. The minimum Gasteiger partial charge on any atom is -0.422 e. The van der Waals surface area contributed by atoms with Gasteiger partial charge in [-0.25, -0.2) is 4.98 Å². The fourth-order valence-electron chi connectivity index (χ4n) is 8.36. The second kappa shape index (κ2) is 13.5. The Balaban J connectivity index is 1.19. The maximum Gasteiger partial charge on any atom is 0.326 e. The summed E-state index contributed by atoms with van der Waals surface area (Å²) >= 11 is 0. The molecule has 248 valence electrons. The van der Waals surface area contributed by atoms with Gasteiger partial charge in [0.15, 0.2) is 17.4 Å². The molecule has 2 aliphatic carbocycles. The van der Waals surface area contributed by atoms with Crippen LogP contribution in [0.3, 0.4) is 0 Å². The molecule has 9 rings (SSSR count). The van der Waals surface area contributed by atoms with Crippen molar-refractivity contribution in [3.8, 4) is 40.2 Å². The fourth-order valence-corrected chi connectivity index (χ4v) is 8.36. The molecule has 0 radical (unpaired) electrons. The Bertz CT molecular complexity index is 2130. The maximum absolute atomic E-state index is 6.71. The number of ether oxygens (including phenoxy) is 1. The van der Waals surface area contributed by atoms with Crippen molar-refractivity contribution in [1.82, 2.24) is 19.5 Å². The molecule has 2 aliphatic rings. The van der Waals surface area contributed by atoms with Crippen LogP contribution in [0.25, 0.3) is 50.3 Å². The number of rotatable bonds is 7. The molecule has 0 N–H and O–H groups in total. The summed E-state index contributed by atoms with van der Waals surface area (Å²) < 4.78 is 9.09. The summed E-state index contributed by atoms with van der Waals surface area (Å²) in [6.45, 7) is 0. The van der Waals surface area contributed by atoms with Crippen molar-refractivity contribution >= 4 is 21.8 Å². The van der Waals surface area contributed by atoms with Crippen LogP contribution in [-0.4, -0.2) is 19.5 Å². The molecule has 2 fully saturated rings. The number of para-hydroxylation sites is 2. The molecule has 0 saturated heterocycles. The first-order valence-electron chi connectivity index (χ1n) is 18.5. The Morgan fingerprint density at radius 1 is 0.480 bits per heavy atom. The highest BCUT2D eigenvalue weighted by Crippen LogP contribution is 2.42. The predicted octanol–water partition coefficient (Wildman–Crippen LogP) is 12.2. The van der Waals surface area contributed by atoms with E-state index in [-0.39, 0.29) is 6.01 Å². The highest BCUT2D eigenvalue weighted by Gasteiger charge is 2.23. The molecule has 0 unspecified atom stereocenters. The van der Waals surface area contributed by atoms with Crippen LogP contribution >= 0.6 is 0 Å². The van der Waals surface area contributed by atoms with Crippen molar-refractivity contribution in [2.75, 3.05) is 0 Å². The molecule has 2 aromatic heterocycles. The van der Waals surface area contributed by atoms with Crippen molar-refractivity contribution < 1.29 is 4.74 Å². The lowest BCUT2D eigenvalue weighted by atomic mass is 9.83. The number of nitrogens with zero attached hydrogens (tertiary/aromatic N) is 4. The van der Waals surface area contributed by atoms with Crippen LogP contribution in [0.4, 0.5) is 0 Å².